The van der Waals surface area contributed by atoms with Crippen molar-refractivity contribution < 1.29 is 4.79 Å². The molecule has 1 N–H and O–H groups in total. The summed E-state index contributed by atoms with van der Waals surface area (Å²) >= 11 is 0. The van der Waals surface area contributed by atoms with Crippen LogP contribution >= 0.6 is 0 Å². The van der Waals surface area contributed by atoms with Crippen molar-refractivity contribution in [2.75, 3.05) is 19.6 Å². The molecule has 3 heteroatoms. The lowest BCUT2D eigenvalue weighted by Gasteiger charge is -2.36. The summed E-state index contributed by atoms with van der Waals surface area (Å²) in [5, 5.41) is 3.38. The highest BCUT2D eigenvalue weighted by Gasteiger charge is 2.22. The molecule has 0 aromatic rings. The molecule has 3 nitrogen and oxygen atoms in total. The molecule has 12 heavy (non-hydrogen) atoms. The predicted octanol–water partition coefficient (Wildman–Crippen LogP) is 0.258. The molecule has 70 valence electrons. The molecule has 0 aliphatic carbocycles. The fraction of sp³-hybridized carbons (Fsp3) is 0.889. The molecular weight excluding hydrogens is 152 g/mol. The van der Waals surface area contributed by atoms with Crippen LogP contribution in [0.15, 0.2) is 0 Å². The van der Waals surface area contributed by atoms with Crippen LogP contribution < -0.4 is 5.32 Å². The lowest BCUT2D eigenvalue weighted by Crippen LogP contribution is -2.55. The monoisotopic (exact) mass is 170 g/mol. The van der Waals surface area contributed by atoms with Gasteiger partial charge in [-0.3, -0.25) is 9.69 Å². The third kappa shape index (κ3) is 2.57. The third-order valence-corrected chi connectivity index (χ3v) is 2.32. The van der Waals surface area contributed by atoms with Gasteiger partial charge in [0, 0.05) is 25.2 Å². The summed E-state index contributed by atoms with van der Waals surface area (Å²) in [6.45, 7) is 8.54. The molecule has 2 atom stereocenters. The first-order valence-corrected chi connectivity index (χ1v) is 4.56. The molecule has 0 aromatic carbocycles. The fourth-order valence-electron chi connectivity index (χ4n) is 1.60. The van der Waals surface area contributed by atoms with Crippen LogP contribution in [0.5, 0.6) is 0 Å². The summed E-state index contributed by atoms with van der Waals surface area (Å²) in [7, 11) is 0. The Kier molecular flexibility index (Phi) is 3.23. The summed E-state index contributed by atoms with van der Waals surface area (Å²) in [6, 6.07) is 1.01. The minimum absolute atomic E-state index is 0.260. The highest BCUT2D eigenvalue weighted by Crippen LogP contribution is 2.05. The molecule has 1 aliphatic rings. The van der Waals surface area contributed by atoms with Crippen LogP contribution in [0.1, 0.15) is 20.8 Å². The van der Waals surface area contributed by atoms with E-state index in [1.807, 2.05) is 0 Å². The first kappa shape index (κ1) is 9.68. The highest BCUT2D eigenvalue weighted by molar-refractivity contribution is 5.77. The zero-order valence-electron chi connectivity index (χ0n) is 8.13. The Bertz CT molecular complexity index is 170. The highest BCUT2D eigenvalue weighted by atomic mass is 16.1. The number of carbonyl (C=O) groups excluding carboxylic acids is 1. The van der Waals surface area contributed by atoms with Crippen molar-refractivity contribution in [3.8, 4) is 0 Å². The first-order valence-electron chi connectivity index (χ1n) is 4.56. The first-order chi connectivity index (χ1) is 5.59. The van der Waals surface area contributed by atoms with Gasteiger partial charge in [-0.1, -0.05) is 0 Å². The van der Waals surface area contributed by atoms with Crippen LogP contribution in [0.3, 0.4) is 0 Å². The van der Waals surface area contributed by atoms with Gasteiger partial charge in [-0.2, -0.15) is 0 Å². The van der Waals surface area contributed by atoms with E-state index in [1.54, 1.807) is 6.92 Å². The number of hydrogen-bond acceptors (Lipinski definition) is 3. The van der Waals surface area contributed by atoms with Gasteiger partial charge in [0.1, 0.15) is 5.78 Å². The van der Waals surface area contributed by atoms with Gasteiger partial charge in [0.05, 0.1) is 6.54 Å². The maximum Gasteiger partial charge on any atom is 0.143 e. The van der Waals surface area contributed by atoms with E-state index in [4.69, 9.17) is 0 Å². The lowest BCUT2D eigenvalue weighted by atomic mass is 10.1. The van der Waals surface area contributed by atoms with Gasteiger partial charge in [-0.15, -0.1) is 0 Å². The average Bonchev–Trinajstić information content (AvgIpc) is 1.96. The molecule has 0 aromatic heterocycles. The summed E-state index contributed by atoms with van der Waals surface area (Å²) < 4.78 is 0. The van der Waals surface area contributed by atoms with Crippen molar-refractivity contribution >= 4 is 5.78 Å². The van der Waals surface area contributed by atoms with Gasteiger partial charge in [0.15, 0.2) is 0 Å². The molecule has 0 saturated carbocycles. The Morgan fingerprint density at radius 1 is 1.58 bits per heavy atom. The third-order valence-electron chi connectivity index (χ3n) is 2.32. The zero-order chi connectivity index (χ0) is 9.14. The van der Waals surface area contributed by atoms with Gasteiger partial charge in [-0.25, -0.2) is 0 Å². The Hall–Kier alpha value is -0.410. The molecule has 0 radical (unpaired) electrons. The lowest BCUT2D eigenvalue weighted by molar-refractivity contribution is -0.118. The number of nitrogens with one attached hydrogen (secondary N) is 1. The number of hydrogen-bond donors (Lipinski definition) is 1. The van der Waals surface area contributed by atoms with E-state index in [2.05, 4.69) is 24.1 Å². The normalized spacial score (nSPS) is 31.9. The van der Waals surface area contributed by atoms with E-state index in [0.29, 0.717) is 18.6 Å². The van der Waals surface area contributed by atoms with E-state index in [9.17, 15) is 4.79 Å². The van der Waals surface area contributed by atoms with Crippen LogP contribution in [0.2, 0.25) is 0 Å². The summed E-state index contributed by atoms with van der Waals surface area (Å²) in [5.74, 6) is 0.260. The van der Waals surface area contributed by atoms with Crippen LogP contribution in [0, 0.1) is 0 Å². The topological polar surface area (TPSA) is 32.3 Å². The van der Waals surface area contributed by atoms with E-state index < -0.39 is 0 Å². The molecule has 0 spiro atoms. The minimum atomic E-state index is 0.260. The molecule has 1 saturated heterocycles. The number of carbonyl (C=O) groups is 1. The van der Waals surface area contributed by atoms with Crippen LogP contribution in [0.4, 0.5) is 0 Å². The SMILES string of the molecule is CC(=O)CN1C[C@@H](C)NC[C@@H]1C. The van der Waals surface area contributed by atoms with Crippen LogP contribution in [0.25, 0.3) is 0 Å². The van der Waals surface area contributed by atoms with Gasteiger partial charge in [0.2, 0.25) is 0 Å². The maximum atomic E-state index is 10.9. The Morgan fingerprint density at radius 2 is 2.25 bits per heavy atom. The number of rotatable bonds is 2. The quantitative estimate of drug-likeness (QED) is 0.645. The standard InChI is InChI=1S/C9H18N2O/c1-7-5-11(6-9(3)12)8(2)4-10-7/h7-8,10H,4-6H2,1-3H3/t7-,8+/m1/s1. The fourth-order valence-corrected chi connectivity index (χ4v) is 1.60. The van der Waals surface area contributed by atoms with Crippen molar-refractivity contribution in [3.05, 3.63) is 0 Å². The van der Waals surface area contributed by atoms with Gasteiger partial charge in [-0.05, 0) is 20.8 Å². The minimum Gasteiger partial charge on any atom is -0.311 e. The van der Waals surface area contributed by atoms with Crippen molar-refractivity contribution in [2.45, 2.75) is 32.9 Å². The van der Waals surface area contributed by atoms with Crippen molar-refractivity contribution in [2.24, 2.45) is 0 Å². The zero-order valence-corrected chi connectivity index (χ0v) is 8.13. The van der Waals surface area contributed by atoms with E-state index in [1.165, 1.54) is 0 Å². The smallest absolute Gasteiger partial charge is 0.143 e. The van der Waals surface area contributed by atoms with E-state index in [-0.39, 0.29) is 5.78 Å². The maximum absolute atomic E-state index is 10.9. The summed E-state index contributed by atoms with van der Waals surface area (Å²) in [5.41, 5.74) is 0. The second-order valence-corrected chi connectivity index (χ2v) is 3.79. The number of nitrogens with zero attached hydrogens (tertiary/aromatic N) is 1. The molecule has 0 amide bonds. The van der Waals surface area contributed by atoms with Gasteiger partial charge < -0.3 is 5.32 Å². The molecule has 0 bridgehead atoms. The molecule has 1 rings (SSSR count). The van der Waals surface area contributed by atoms with Crippen LogP contribution in [-0.4, -0.2) is 42.4 Å². The summed E-state index contributed by atoms with van der Waals surface area (Å²) in [4.78, 5) is 13.1. The Morgan fingerprint density at radius 3 is 2.83 bits per heavy atom. The second-order valence-electron chi connectivity index (χ2n) is 3.79. The Labute approximate surface area is 74.1 Å². The number of piperazine rings is 1. The van der Waals surface area contributed by atoms with Crippen molar-refractivity contribution in [1.82, 2.24) is 10.2 Å². The van der Waals surface area contributed by atoms with Crippen LogP contribution in [-0.2, 0) is 4.79 Å². The van der Waals surface area contributed by atoms with E-state index >= 15 is 0 Å². The molecular formula is C9H18N2O. The average molecular weight is 170 g/mol. The molecule has 1 fully saturated rings. The van der Waals surface area contributed by atoms with Crippen molar-refractivity contribution in [1.29, 1.82) is 0 Å². The molecule has 1 aliphatic heterocycles. The number of ketones is 1. The molecule has 1 heterocycles. The largest absolute Gasteiger partial charge is 0.311 e. The Balaban J connectivity index is 2.43. The summed E-state index contributed by atoms with van der Waals surface area (Å²) in [6.07, 6.45) is 0. The van der Waals surface area contributed by atoms with Gasteiger partial charge in [0.25, 0.3) is 0 Å². The van der Waals surface area contributed by atoms with E-state index in [0.717, 1.165) is 13.1 Å². The van der Waals surface area contributed by atoms with Gasteiger partial charge >= 0.3 is 0 Å². The second kappa shape index (κ2) is 4.01. The predicted molar refractivity (Wildman–Crippen MR) is 49.2 cm³/mol. The van der Waals surface area contributed by atoms with Crippen molar-refractivity contribution in [3.63, 3.8) is 0 Å². The number of Topliss-reactive ketones (excluding diaryl/α,β-unsaturated/α-hetero) is 1. The molecule has 0 unspecified atom stereocenters.